The standard InChI is InChI=1S/C18H18FN5O2/c1-9(2)16-21-17(26-22-16)14-15-18(25)24(10(3)4)13-7-11(19)5-6-12(13)23(15)8-20-14/h5-10H,1-4H3. The van der Waals surface area contributed by atoms with Gasteiger partial charge in [-0.2, -0.15) is 4.98 Å². The molecule has 0 atom stereocenters. The van der Waals surface area contributed by atoms with Crippen molar-refractivity contribution in [1.29, 1.82) is 0 Å². The number of hydrogen-bond donors (Lipinski definition) is 0. The number of hydrogen-bond acceptors (Lipinski definition) is 5. The minimum Gasteiger partial charge on any atom is -0.332 e. The number of halogens is 1. The predicted octanol–water partition coefficient (Wildman–Crippen LogP) is 3.54. The highest BCUT2D eigenvalue weighted by atomic mass is 19.1. The van der Waals surface area contributed by atoms with E-state index in [1.807, 2.05) is 27.7 Å². The topological polar surface area (TPSA) is 78.2 Å². The number of nitrogens with zero attached hydrogens (tertiary/aromatic N) is 5. The highest BCUT2D eigenvalue weighted by Crippen LogP contribution is 2.26. The maximum Gasteiger partial charge on any atom is 0.278 e. The summed E-state index contributed by atoms with van der Waals surface area (Å²) in [6, 6.07) is 4.20. The third-order valence-corrected chi connectivity index (χ3v) is 4.32. The Balaban J connectivity index is 2.11. The van der Waals surface area contributed by atoms with Crippen molar-refractivity contribution in [2.24, 2.45) is 0 Å². The van der Waals surface area contributed by atoms with Gasteiger partial charge < -0.3 is 9.09 Å². The van der Waals surface area contributed by atoms with E-state index >= 15 is 0 Å². The molecule has 4 aromatic rings. The van der Waals surface area contributed by atoms with Gasteiger partial charge in [-0.05, 0) is 32.0 Å². The Bertz CT molecular complexity index is 1190. The Hall–Kier alpha value is -3.03. The largest absolute Gasteiger partial charge is 0.332 e. The van der Waals surface area contributed by atoms with E-state index in [0.29, 0.717) is 28.1 Å². The fraction of sp³-hybridized carbons (Fsp3) is 0.333. The van der Waals surface area contributed by atoms with Crippen LogP contribution in [0.15, 0.2) is 33.8 Å². The zero-order valence-electron chi connectivity index (χ0n) is 14.9. The first kappa shape index (κ1) is 16.4. The highest BCUT2D eigenvalue weighted by Gasteiger charge is 2.22. The molecule has 0 saturated carbocycles. The second-order valence-corrected chi connectivity index (χ2v) is 6.83. The zero-order valence-corrected chi connectivity index (χ0v) is 14.9. The Kier molecular flexibility index (Phi) is 3.64. The van der Waals surface area contributed by atoms with Crippen LogP contribution < -0.4 is 5.56 Å². The Morgan fingerprint density at radius 2 is 1.92 bits per heavy atom. The quantitative estimate of drug-likeness (QED) is 0.562. The van der Waals surface area contributed by atoms with Crippen LogP contribution in [0, 0.1) is 5.82 Å². The van der Waals surface area contributed by atoms with Gasteiger partial charge in [0, 0.05) is 12.0 Å². The number of fused-ring (bicyclic) bond motifs is 3. The van der Waals surface area contributed by atoms with Gasteiger partial charge in [0.25, 0.3) is 11.4 Å². The first-order valence-corrected chi connectivity index (χ1v) is 8.43. The molecule has 26 heavy (non-hydrogen) atoms. The monoisotopic (exact) mass is 355 g/mol. The summed E-state index contributed by atoms with van der Waals surface area (Å²) in [6.07, 6.45) is 1.52. The molecule has 0 aliphatic heterocycles. The molecule has 0 saturated heterocycles. The molecule has 3 heterocycles. The molecule has 0 aliphatic carbocycles. The molecule has 1 aromatic carbocycles. The van der Waals surface area contributed by atoms with Gasteiger partial charge >= 0.3 is 0 Å². The van der Waals surface area contributed by atoms with Gasteiger partial charge in [0.2, 0.25) is 0 Å². The van der Waals surface area contributed by atoms with Crippen LogP contribution >= 0.6 is 0 Å². The van der Waals surface area contributed by atoms with Gasteiger partial charge in [-0.1, -0.05) is 19.0 Å². The third kappa shape index (κ3) is 2.33. The van der Waals surface area contributed by atoms with E-state index in [4.69, 9.17) is 4.52 Å². The SMILES string of the molecule is CC(C)c1noc(-c2ncn3c2c(=O)n(C(C)C)c2cc(F)ccc23)n1. The molecule has 0 fully saturated rings. The van der Waals surface area contributed by atoms with E-state index in [1.54, 1.807) is 15.0 Å². The lowest BCUT2D eigenvalue weighted by atomic mass is 10.2. The van der Waals surface area contributed by atoms with Gasteiger partial charge in [0.05, 0.1) is 11.0 Å². The fourth-order valence-corrected chi connectivity index (χ4v) is 3.09. The van der Waals surface area contributed by atoms with E-state index in [9.17, 15) is 9.18 Å². The Labute approximate surface area is 148 Å². The van der Waals surface area contributed by atoms with Crippen molar-refractivity contribution in [2.75, 3.05) is 0 Å². The molecule has 134 valence electrons. The zero-order chi connectivity index (χ0) is 18.6. The van der Waals surface area contributed by atoms with Gasteiger partial charge in [0.15, 0.2) is 11.5 Å². The van der Waals surface area contributed by atoms with Crippen molar-refractivity contribution in [3.8, 4) is 11.6 Å². The molecular formula is C18H18FN5O2. The maximum atomic E-state index is 13.8. The van der Waals surface area contributed by atoms with Crippen LogP contribution in [0.25, 0.3) is 28.1 Å². The Morgan fingerprint density at radius 1 is 1.15 bits per heavy atom. The first-order valence-electron chi connectivity index (χ1n) is 8.43. The van der Waals surface area contributed by atoms with Crippen LogP contribution in [0.1, 0.15) is 45.5 Å². The van der Waals surface area contributed by atoms with Crippen molar-refractivity contribution in [3.05, 3.63) is 46.5 Å². The summed E-state index contributed by atoms with van der Waals surface area (Å²) in [5.74, 6) is 0.445. The van der Waals surface area contributed by atoms with Crippen LogP contribution in [0.5, 0.6) is 0 Å². The molecule has 0 bridgehead atoms. The number of imidazole rings is 1. The molecule has 0 unspecified atom stereocenters. The van der Waals surface area contributed by atoms with E-state index in [1.165, 1.54) is 18.5 Å². The summed E-state index contributed by atoms with van der Waals surface area (Å²) < 4.78 is 22.3. The summed E-state index contributed by atoms with van der Waals surface area (Å²) in [5, 5.41) is 3.95. The van der Waals surface area contributed by atoms with E-state index < -0.39 is 5.82 Å². The predicted molar refractivity (Wildman–Crippen MR) is 94.7 cm³/mol. The number of aromatic nitrogens is 5. The number of benzene rings is 1. The van der Waals surface area contributed by atoms with Crippen molar-refractivity contribution < 1.29 is 8.91 Å². The molecule has 4 rings (SSSR count). The molecule has 8 heteroatoms. The molecule has 0 spiro atoms. The van der Waals surface area contributed by atoms with Crippen molar-refractivity contribution in [2.45, 2.75) is 39.7 Å². The van der Waals surface area contributed by atoms with Crippen molar-refractivity contribution in [1.82, 2.24) is 24.1 Å². The minimum atomic E-state index is -0.399. The molecule has 0 radical (unpaired) electrons. The van der Waals surface area contributed by atoms with Gasteiger partial charge in [-0.15, -0.1) is 0 Å². The average Bonchev–Trinajstić information content (AvgIpc) is 3.21. The lowest BCUT2D eigenvalue weighted by molar-refractivity contribution is 0.418. The normalized spacial score (nSPS) is 12.1. The molecular weight excluding hydrogens is 337 g/mol. The second-order valence-electron chi connectivity index (χ2n) is 6.83. The summed E-state index contributed by atoms with van der Waals surface area (Å²) in [5.41, 5.74) is 1.56. The Morgan fingerprint density at radius 3 is 2.58 bits per heavy atom. The fourth-order valence-electron chi connectivity index (χ4n) is 3.09. The lowest BCUT2D eigenvalue weighted by Gasteiger charge is -2.15. The molecule has 3 aromatic heterocycles. The maximum absolute atomic E-state index is 13.8. The van der Waals surface area contributed by atoms with Crippen LogP contribution in [0.3, 0.4) is 0 Å². The van der Waals surface area contributed by atoms with Crippen LogP contribution in [0.4, 0.5) is 4.39 Å². The van der Waals surface area contributed by atoms with Crippen LogP contribution in [-0.2, 0) is 0 Å². The van der Waals surface area contributed by atoms with E-state index in [0.717, 1.165) is 0 Å². The molecule has 0 aliphatic rings. The van der Waals surface area contributed by atoms with E-state index in [2.05, 4.69) is 15.1 Å². The summed E-state index contributed by atoms with van der Waals surface area (Å²) >= 11 is 0. The third-order valence-electron chi connectivity index (χ3n) is 4.32. The summed E-state index contributed by atoms with van der Waals surface area (Å²) in [7, 11) is 0. The average molecular weight is 355 g/mol. The van der Waals surface area contributed by atoms with E-state index in [-0.39, 0.29) is 23.4 Å². The smallest absolute Gasteiger partial charge is 0.278 e. The summed E-state index contributed by atoms with van der Waals surface area (Å²) in [4.78, 5) is 21.9. The molecule has 7 nitrogen and oxygen atoms in total. The van der Waals surface area contributed by atoms with Gasteiger partial charge in [0.1, 0.15) is 17.7 Å². The number of rotatable bonds is 3. The highest BCUT2D eigenvalue weighted by molar-refractivity contribution is 5.83. The van der Waals surface area contributed by atoms with Crippen LogP contribution in [-0.4, -0.2) is 24.1 Å². The van der Waals surface area contributed by atoms with Gasteiger partial charge in [-0.3, -0.25) is 9.20 Å². The first-order chi connectivity index (χ1) is 12.4. The summed E-state index contributed by atoms with van der Waals surface area (Å²) in [6.45, 7) is 7.66. The minimum absolute atomic E-state index is 0.0949. The molecule has 0 amide bonds. The van der Waals surface area contributed by atoms with Crippen LogP contribution in [0.2, 0.25) is 0 Å². The lowest BCUT2D eigenvalue weighted by Crippen LogP contribution is -2.24. The second kappa shape index (κ2) is 5.76. The molecule has 0 N–H and O–H groups in total. The van der Waals surface area contributed by atoms with Crippen molar-refractivity contribution >= 4 is 16.6 Å². The van der Waals surface area contributed by atoms with Gasteiger partial charge in [-0.25, -0.2) is 9.37 Å². The van der Waals surface area contributed by atoms with Crippen molar-refractivity contribution in [3.63, 3.8) is 0 Å².